The van der Waals surface area contributed by atoms with Crippen LogP contribution in [0.25, 0.3) is 0 Å². The topological polar surface area (TPSA) is 46.9 Å². The number of carbonyl (C=O) groups excluding carboxylic acids is 1. The van der Waals surface area contributed by atoms with Crippen LogP contribution in [0.1, 0.15) is 45.4 Å². The van der Waals surface area contributed by atoms with E-state index >= 15 is 0 Å². The van der Waals surface area contributed by atoms with Crippen LogP contribution in [0.3, 0.4) is 0 Å². The Kier molecular flexibility index (Phi) is 3.82. The molecule has 0 fully saturated rings. The van der Waals surface area contributed by atoms with Crippen molar-refractivity contribution < 1.29 is 4.79 Å². The van der Waals surface area contributed by atoms with E-state index in [1.807, 2.05) is 6.92 Å². The Morgan fingerprint density at radius 2 is 2.41 bits per heavy atom. The van der Waals surface area contributed by atoms with Gasteiger partial charge >= 0.3 is 0 Å². The largest absolute Gasteiger partial charge is 0.315 e. The molecule has 1 aromatic heterocycles. The lowest BCUT2D eigenvalue weighted by atomic mass is 10.1. The van der Waals surface area contributed by atoms with Crippen LogP contribution in [0.15, 0.2) is 6.20 Å². The Morgan fingerprint density at radius 3 is 3.18 bits per heavy atom. The van der Waals surface area contributed by atoms with Crippen molar-refractivity contribution in [2.75, 3.05) is 5.32 Å². The number of hydrogen-bond donors (Lipinski definition) is 1. The quantitative estimate of drug-likeness (QED) is 0.872. The molecule has 4 heteroatoms. The summed E-state index contributed by atoms with van der Waals surface area (Å²) in [5.74, 6) is 2.16. The lowest BCUT2D eigenvalue weighted by Crippen LogP contribution is -2.23. The Morgan fingerprint density at radius 1 is 1.59 bits per heavy atom. The second kappa shape index (κ2) is 5.34. The second-order valence-electron chi connectivity index (χ2n) is 4.85. The number of nitrogens with zero attached hydrogens (tertiary/aromatic N) is 2. The fourth-order valence-electron chi connectivity index (χ4n) is 2.33. The fourth-order valence-corrected chi connectivity index (χ4v) is 2.33. The maximum Gasteiger partial charge on any atom is 0.228 e. The van der Waals surface area contributed by atoms with Gasteiger partial charge in [-0.15, -0.1) is 0 Å². The smallest absolute Gasteiger partial charge is 0.228 e. The van der Waals surface area contributed by atoms with Crippen LogP contribution in [0.4, 0.5) is 5.82 Å². The van der Waals surface area contributed by atoms with Gasteiger partial charge in [0.2, 0.25) is 5.91 Å². The highest BCUT2D eigenvalue weighted by Crippen LogP contribution is 2.20. The number of anilines is 1. The molecule has 1 aromatic rings. The summed E-state index contributed by atoms with van der Waals surface area (Å²) in [4.78, 5) is 16.3. The minimum absolute atomic E-state index is 0.0785. The summed E-state index contributed by atoms with van der Waals surface area (Å²) in [6.45, 7) is 5.06. The van der Waals surface area contributed by atoms with E-state index in [2.05, 4.69) is 21.8 Å². The first-order valence-electron chi connectivity index (χ1n) is 6.57. The van der Waals surface area contributed by atoms with E-state index < -0.39 is 0 Å². The highest BCUT2D eigenvalue weighted by atomic mass is 16.1. The molecule has 4 nitrogen and oxygen atoms in total. The minimum atomic E-state index is 0.0785. The predicted molar refractivity (Wildman–Crippen MR) is 67.9 cm³/mol. The van der Waals surface area contributed by atoms with Gasteiger partial charge in [-0.3, -0.25) is 4.79 Å². The van der Waals surface area contributed by atoms with Gasteiger partial charge in [-0.25, -0.2) is 4.98 Å². The van der Waals surface area contributed by atoms with E-state index in [9.17, 15) is 4.79 Å². The van der Waals surface area contributed by atoms with Crippen molar-refractivity contribution in [1.82, 2.24) is 9.55 Å². The molecule has 94 valence electrons. The average Bonchev–Trinajstić information content (AvgIpc) is 2.73. The third-order valence-electron chi connectivity index (χ3n) is 3.39. The van der Waals surface area contributed by atoms with E-state index in [1.54, 1.807) is 6.20 Å². The first kappa shape index (κ1) is 12.1. The monoisotopic (exact) mass is 235 g/mol. The van der Waals surface area contributed by atoms with Gasteiger partial charge in [-0.05, 0) is 19.3 Å². The molecule has 0 spiro atoms. The van der Waals surface area contributed by atoms with E-state index in [-0.39, 0.29) is 11.8 Å². The molecule has 0 aromatic carbocycles. The van der Waals surface area contributed by atoms with Crippen molar-refractivity contribution in [2.45, 2.75) is 52.5 Å². The maximum atomic E-state index is 11.9. The van der Waals surface area contributed by atoms with Gasteiger partial charge in [0, 0.05) is 18.9 Å². The Bertz CT molecular complexity index is 397. The Balaban J connectivity index is 2.03. The molecular weight excluding hydrogens is 214 g/mol. The van der Waals surface area contributed by atoms with Crippen molar-refractivity contribution in [3.05, 3.63) is 12.0 Å². The average molecular weight is 235 g/mol. The highest BCUT2D eigenvalue weighted by molar-refractivity contribution is 5.91. The van der Waals surface area contributed by atoms with Crippen LogP contribution in [-0.4, -0.2) is 15.5 Å². The van der Waals surface area contributed by atoms with Crippen molar-refractivity contribution in [3.63, 3.8) is 0 Å². The second-order valence-corrected chi connectivity index (χ2v) is 4.85. The number of aryl methyl sites for hydroxylation is 1. The minimum Gasteiger partial charge on any atom is -0.315 e. The summed E-state index contributed by atoms with van der Waals surface area (Å²) < 4.78 is 2.14. The number of carbonyl (C=O) groups is 1. The molecule has 0 saturated heterocycles. The summed E-state index contributed by atoms with van der Waals surface area (Å²) in [6.07, 6.45) is 7.18. The van der Waals surface area contributed by atoms with Gasteiger partial charge in [0.05, 0.1) is 6.20 Å². The predicted octanol–water partition coefficient (Wildman–Crippen LogP) is 2.59. The van der Waals surface area contributed by atoms with Gasteiger partial charge in [-0.1, -0.05) is 20.3 Å². The van der Waals surface area contributed by atoms with Crippen molar-refractivity contribution in [3.8, 4) is 0 Å². The summed E-state index contributed by atoms with van der Waals surface area (Å²) in [5, 5.41) is 3.00. The van der Waals surface area contributed by atoms with Gasteiger partial charge in [0.15, 0.2) is 0 Å². The molecule has 0 radical (unpaired) electrons. The molecule has 0 aliphatic carbocycles. The molecule has 17 heavy (non-hydrogen) atoms. The molecule has 0 bridgehead atoms. The molecule has 2 heterocycles. The maximum absolute atomic E-state index is 11.9. The molecular formula is C13H21N3O. The summed E-state index contributed by atoms with van der Waals surface area (Å²) >= 11 is 0. The van der Waals surface area contributed by atoms with Crippen LogP contribution in [-0.2, 0) is 17.8 Å². The van der Waals surface area contributed by atoms with E-state index in [4.69, 9.17) is 0 Å². The number of rotatable bonds is 4. The third kappa shape index (κ3) is 2.68. The molecule has 1 aliphatic heterocycles. The van der Waals surface area contributed by atoms with Crippen LogP contribution in [0, 0.1) is 5.92 Å². The van der Waals surface area contributed by atoms with Crippen LogP contribution in [0.2, 0.25) is 0 Å². The number of fused-ring (bicyclic) bond motifs is 1. The molecule has 2 rings (SSSR count). The first-order chi connectivity index (χ1) is 8.22. The summed E-state index contributed by atoms with van der Waals surface area (Å²) in [5.41, 5.74) is 0. The summed E-state index contributed by atoms with van der Waals surface area (Å²) in [6, 6.07) is 0. The molecule has 1 atom stereocenters. The normalized spacial score (nSPS) is 16.4. The van der Waals surface area contributed by atoms with Gasteiger partial charge in [-0.2, -0.15) is 0 Å². The fraction of sp³-hybridized carbons (Fsp3) is 0.692. The third-order valence-corrected chi connectivity index (χ3v) is 3.39. The zero-order valence-electron chi connectivity index (χ0n) is 10.7. The Hall–Kier alpha value is -1.32. The lowest BCUT2D eigenvalue weighted by Gasteiger charge is -2.17. The Labute approximate surface area is 102 Å². The molecule has 1 N–H and O–H groups in total. The number of aromatic nitrogens is 2. The lowest BCUT2D eigenvalue weighted by molar-refractivity contribution is -0.119. The summed E-state index contributed by atoms with van der Waals surface area (Å²) in [7, 11) is 0. The zero-order valence-corrected chi connectivity index (χ0v) is 10.7. The number of nitrogens with one attached hydrogen (secondary N) is 1. The van der Waals surface area contributed by atoms with E-state index in [0.717, 1.165) is 37.4 Å². The first-order valence-corrected chi connectivity index (χ1v) is 6.57. The standard InChI is InChI=1S/C13H21N3O/c1-3-6-10(2)13(17)15-12-9-14-11-7-4-5-8-16(11)12/h9-10H,3-8H2,1-2H3,(H,15,17)/t10-/m1/s1. The van der Waals surface area contributed by atoms with Crippen LogP contribution >= 0.6 is 0 Å². The number of hydrogen-bond acceptors (Lipinski definition) is 2. The molecule has 0 unspecified atom stereocenters. The van der Waals surface area contributed by atoms with Gasteiger partial charge < -0.3 is 9.88 Å². The zero-order chi connectivity index (χ0) is 12.3. The van der Waals surface area contributed by atoms with Gasteiger partial charge in [0.25, 0.3) is 0 Å². The number of amides is 1. The molecule has 1 aliphatic rings. The van der Waals surface area contributed by atoms with Crippen LogP contribution < -0.4 is 5.32 Å². The molecule has 0 saturated carbocycles. The SMILES string of the molecule is CCC[C@@H](C)C(=O)Nc1cnc2n1CCCC2. The van der Waals surface area contributed by atoms with E-state index in [1.165, 1.54) is 12.8 Å². The van der Waals surface area contributed by atoms with Crippen LogP contribution in [0.5, 0.6) is 0 Å². The highest BCUT2D eigenvalue weighted by Gasteiger charge is 2.17. The number of imidazole rings is 1. The van der Waals surface area contributed by atoms with Gasteiger partial charge in [0.1, 0.15) is 11.6 Å². The van der Waals surface area contributed by atoms with Crippen molar-refractivity contribution >= 4 is 11.7 Å². The molecule has 1 amide bonds. The van der Waals surface area contributed by atoms with E-state index in [0.29, 0.717) is 0 Å². The van der Waals surface area contributed by atoms with Crippen molar-refractivity contribution in [1.29, 1.82) is 0 Å². The van der Waals surface area contributed by atoms with Crippen molar-refractivity contribution in [2.24, 2.45) is 5.92 Å².